The zero-order chi connectivity index (χ0) is 28.8. The van der Waals surface area contributed by atoms with Crippen molar-refractivity contribution in [3.8, 4) is 11.5 Å². The van der Waals surface area contributed by atoms with Crippen LogP contribution in [0.3, 0.4) is 0 Å². The van der Waals surface area contributed by atoms with Gasteiger partial charge in [-0.05, 0) is 55.1 Å². The number of fused-ring (bicyclic) bond motifs is 1. The molecule has 0 saturated heterocycles. The third kappa shape index (κ3) is 7.54. The molecule has 214 valence electrons. The Bertz CT molecular complexity index is 1160. The molecule has 1 atom stereocenters. The van der Waals surface area contributed by atoms with E-state index >= 15 is 0 Å². The lowest BCUT2D eigenvalue weighted by Gasteiger charge is -2.41. The molecule has 0 aliphatic carbocycles. The molecule has 1 aliphatic rings. The molecule has 0 unspecified atom stereocenters. The van der Waals surface area contributed by atoms with Gasteiger partial charge in [0.25, 0.3) is 5.91 Å². The van der Waals surface area contributed by atoms with Crippen molar-refractivity contribution in [2.45, 2.75) is 77.7 Å². The molecule has 1 aliphatic heterocycles. The van der Waals surface area contributed by atoms with E-state index in [9.17, 15) is 9.59 Å². The average molecular weight is 557 g/mol. The summed E-state index contributed by atoms with van der Waals surface area (Å²) in [6.07, 6.45) is 1.47. The number of carbonyl (C=O) groups excluding carboxylic acids is 2. The highest BCUT2D eigenvalue weighted by molar-refractivity contribution is 6.74. The van der Waals surface area contributed by atoms with Gasteiger partial charge in [-0.3, -0.25) is 9.59 Å². The van der Waals surface area contributed by atoms with E-state index in [0.29, 0.717) is 48.9 Å². The molecule has 0 radical (unpaired) electrons. The van der Waals surface area contributed by atoms with Crippen LogP contribution in [0.25, 0.3) is 0 Å². The number of esters is 1. The fourth-order valence-electron chi connectivity index (χ4n) is 4.31. The van der Waals surface area contributed by atoms with E-state index < -0.39 is 8.32 Å². The van der Waals surface area contributed by atoms with Crippen molar-refractivity contribution in [1.82, 2.24) is 4.90 Å². The molecule has 39 heavy (non-hydrogen) atoms. The molecule has 9 heteroatoms. The van der Waals surface area contributed by atoms with Crippen molar-refractivity contribution in [2.24, 2.45) is 0 Å². The Morgan fingerprint density at radius 1 is 1.10 bits per heavy atom. The maximum Gasteiger partial charge on any atom is 0.305 e. The van der Waals surface area contributed by atoms with Crippen LogP contribution in [0.2, 0.25) is 18.1 Å². The minimum atomic E-state index is -2.01. The highest BCUT2D eigenvalue weighted by atomic mass is 28.4. The maximum atomic E-state index is 14.0. The summed E-state index contributed by atoms with van der Waals surface area (Å²) in [6.45, 7) is 14.5. The first-order valence-corrected chi connectivity index (χ1v) is 16.6. The number of methoxy groups -OCH3 is 1. The van der Waals surface area contributed by atoms with Crippen LogP contribution in [0.4, 0.5) is 5.69 Å². The summed E-state index contributed by atoms with van der Waals surface area (Å²) < 4.78 is 22.9. The SMILES string of the molecule is CCOC(=O)CCCOc1cc(N)c(C(=O)N2Cc3ccccc3C[C@H]2CO[Si](C)(C)C(C)(C)C)cc1OC. The molecular formula is C30H44N2O6Si. The second-order valence-electron chi connectivity index (χ2n) is 11.5. The van der Waals surface area contributed by atoms with Crippen LogP contribution in [0.1, 0.15) is 62.0 Å². The molecule has 0 saturated carbocycles. The van der Waals surface area contributed by atoms with Crippen LogP contribution in [-0.2, 0) is 26.9 Å². The van der Waals surface area contributed by atoms with Crippen molar-refractivity contribution >= 4 is 25.9 Å². The third-order valence-corrected chi connectivity index (χ3v) is 12.2. The number of rotatable bonds is 11. The van der Waals surface area contributed by atoms with E-state index in [2.05, 4.69) is 46.0 Å². The van der Waals surface area contributed by atoms with Crippen molar-refractivity contribution in [2.75, 3.05) is 32.7 Å². The van der Waals surface area contributed by atoms with Gasteiger partial charge in [0, 0.05) is 24.7 Å². The number of anilines is 1. The summed E-state index contributed by atoms with van der Waals surface area (Å²) in [5.41, 5.74) is 9.44. The monoisotopic (exact) mass is 556 g/mol. The Morgan fingerprint density at radius 2 is 1.79 bits per heavy atom. The topological polar surface area (TPSA) is 100 Å². The number of ether oxygens (including phenoxy) is 3. The molecule has 2 N–H and O–H groups in total. The molecule has 1 amide bonds. The highest BCUT2D eigenvalue weighted by Crippen LogP contribution is 2.38. The predicted octanol–water partition coefficient (Wildman–Crippen LogP) is 5.59. The summed E-state index contributed by atoms with van der Waals surface area (Å²) >= 11 is 0. The number of benzene rings is 2. The Hall–Kier alpha value is -3.04. The van der Waals surface area contributed by atoms with Gasteiger partial charge < -0.3 is 29.3 Å². The number of carbonyl (C=O) groups is 2. The van der Waals surface area contributed by atoms with Crippen LogP contribution in [0.15, 0.2) is 36.4 Å². The average Bonchev–Trinajstić information content (AvgIpc) is 2.88. The number of hydrogen-bond acceptors (Lipinski definition) is 7. The van der Waals surface area contributed by atoms with Crippen LogP contribution in [-0.4, -0.2) is 58.1 Å². The smallest absolute Gasteiger partial charge is 0.305 e. The number of nitrogens with zero attached hydrogens (tertiary/aromatic N) is 1. The molecule has 0 fully saturated rings. The minimum absolute atomic E-state index is 0.0678. The van der Waals surface area contributed by atoms with Crippen molar-refractivity contribution in [3.63, 3.8) is 0 Å². The minimum Gasteiger partial charge on any atom is -0.493 e. The van der Waals surface area contributed by atoms with Gasteiger partial charge in [0.05, 0.1) is 38.5 Å². The van der Waals surface area contributed by atoms with E-state index in [1.54, 1.807) is 19.1 Å². The van der Waals surface area contributed by atoms with Crippen molar-refractivity contribution < 1.29 is 28.2 Å². The lowest BCUT2D eigenvalue weighted by molar-refractivity contribution is -0.143. The van der Waals surface area contributed by atoms with E-state index in [1.807, 2.05) is 17.0 Å². The molecule has 2 aromatic carbocycles. The van der Waals surface area contributed by atoms with E-state index in [1.165, 1.54) is 12.7 Å². The summed E-state index contributed by atoms with van der Waals surface area (Å²) in [5, 5.41) is 0.0678. The van der Waals surface area contributed by atoms with E-state index in [-0.39, 0.29) is 36.0 Å². The normalized spacial score (nSPS) is 15.5. The third-order valence-electron chi connectivity index (χ3n) is 7.71. The molecule has 0 spiro atoms. The Kier molecular flexibility index (Phi) is 10.1. The van der Waals surface area contributed by atoms with Gasteiger partial charge in [-0.25, -0.2) is 0 Å². The van der Waals surface area contributed by atoms with Gasteiger partial charge in [-0.1, -0.05) is 45.0 Å². The quantitative estimate of drug-likeness (QED) is 0.167. The van der Waals surface area contributed by atoms with Crippen LogP contribution in [0, 0.1) is 0 Å². The second-order valence-corrected chi connectivity index (χ2v) is 16.3. The number of hydrogen-bond donors (Lipinski definition) is 1. The second kappa shape index (κ2) is 12.9. The number of nitrogens with two attached hydrogens (primary N) is 1. The van der Waals surface area contributed by atoms with Gasteiger partial charge in [0.15, 0.2) is 19.8 Å². The first-order chi connectivity index (χ1) is 18.4. The van der Waals surface area contributed by atoms with Crippen molar-refractivity contribution in [3.05, 3.63) is 53.1 Å². The van der Waals surface area contributed by atoms with Gasteiger partial charge >= 0.3 is 5.97 Å². The fourth-order valence-corrected chi connectivity index (χ4v) is 5.36. The Labute approximate surface area is 233 Å². The lowest BCUT2D eigenvalue weighted by atomic mass is 9.93. The predicted molar refractivity (Wildman–Crippen MR) is 156 cm³/mol. The zero-order valence-corrected chi connectivity index (χ0v) is 25.5. The molecule has 1 heterocycles. The molecule has 0 bridgehead atoms. The van der Waals surface area contributed by atoms with Gasteiger partial charge in [0.1, 0.15) is 0 Å². The van der Waals surface area contributed by atoms with E-state index in [0.717, 1.165) is 12.0 Å². The summed E-state index contributed by atoms with van der Waals surface area (Å²) in [6, 6.07) is 11.4. The molecule has 0 aromatic heterocycles. The fraction of sp³-hybridized carbons (Fsp3) is 0.533. The largest absolute Gasteiger partial charge is 0.493 e. The van der Waals surface area contributed by atoms with E-state index in [4.69, 9.17) is 24.4 Å². The number of nitrogen functional groups attached to an aromatic ring is 1. The maximum absolute atomic E-state index is 14.0. The van der Waals surface area contributed by atoms with Crippen LogP contribution in [0.5, 0.6) is 11.5 Å². The first kappa shape index (κ1) is 30.5. The van der Waals surface area contributed by atoms with Gasteiger partial charge in [0.2, 0.25) is 0 Å². The molecule has 2 aromatic rings. The Morgan fingerprint density at radius 3 is 2.44 bits per heavy atom. The first-order valence-electron chi connectivity index (χ1n) is 13.7. The summed E-state index contributed by atoms with van der Waals surface area (Å²) in [7, 11) is -0.487. The van der Waals surface area contributed by atoms with Gasteiger partial charge in [-0.15, -0.1) is 0 Å². The molecular weight excluding hydrogens is 512 g/mol. The van der Waals surface area contributed by atoms with Crippen LogP contribution >= 0.6 is 0 Å². The molecule has 8 nitrogen and oxygen atoms in total. The standard InChI is InChI=1S/C30H44N2O6Si/c1-8-36-28(33)14-11-15-37-27-18-25(31)24(17-26(27)35-5)29(34)32-19-22-13-10-9-12-21(22)16-23(32)20-38-39(6,7)30(2,3)4/h9-10,12-13,17-18,23H,8,11,14-16,19-20,31H2,1-7H3/t23-/m0/s1. The molecule has 3 rings (SSSR count). The number of amides is 1. The highest BCUT2D eigenvalue weighted by Gasteiger charge is 2.39. The summed E-state index contributed by atoms with van der Waals surface area (Å²) in [4.78, 5) is 27.5. The summed E-state index contributed by atoms with van der Waals surface area (Å²) in [5.74, 6) is 0.411. The Balaban J connectivity index is 1.82. The zero-order valence-electron chi connectivity index (χ0n) is 24.5. The van der Waals surface area contributed by atoms with Gasteiger partial charge in [-0.2, -0.15) is 0 Å². The lowest BCUT2D eigenvalue weighted by Crippen LogP contribution is -2.50. The van der Waals surface area contributed by atoms with Crippen molar-refractivity contribution in [1.29, 1.82) is 0 Å². The van der Waals surface area contributed by atoms with Crippen LogP contribution < -0.4 is 15.2 Å².